The number of pyridine rings is 1. The largest absolute Gasteiger partial charge is 0.495 e. The summed E-state index contributed by atoms with van der Waals surface area (Å²) in [6.45, 7) is 0. The van der Waals surface area contributed by atoms with E-state index in [1.54, 1.807) is 13.3 Å². The first-order chi connectivity index (χ1) is 6.22. The van der Waals surface area contributed by atoms with Crippen LogP contribution in [0.5, 0.6) is 5.75 Å². The van der Waals surface area contributed by atoms with E-state index in [-0.39, 0.29) is 0 Å². The van der Waals surface area contributed by atoms with Crippen LogP contribution in [0.3, 0.4) is 0 Å². The van der Waals surface area contributed by atoms with Crippen molar-refractivity contribution in [1.29, 1.82) is 0 Å². The Kier molecular flexibility index (Phi) is 1.73. The predicted octanol–water partition coefficient (Wildman–Crippen LogP) is 1.47. The number of hydrogen-bond acceptors (Lipinski definition) is 5. The molecule has 0 saturated carbocycles. The van der Waals surface area contributed by atoms with E-state index in [9.17, 15) is 0 Å². The van der Waals surface area contributed by atoms with Crippen molar-refractivity contribution in [2.45, 2.75) is 0 Å². The summed E-state index contributed by atoms with van der Waals surface area (Å²) in [6.07, 6.45) is 1.63. The van der Waals surface area contributed by atoms with Gasteiger partial charge in [-0.05, 0) is 6.07 Å². The number of ether oxygens (including phenoxy) is 1. The summed E-state index contributed by atoms with van der Waals surface area (Å²) in [7, 11) is 1.59. The molecule has 0 fully saturated rings. The maximum Gasteiger partial charge on any atom is 0.137 e. The van der Waals surface area contributed by atoms with Gasteiger partial charge in [-0.1, -0.05) is 11.3 Å². The second-order valence-electron chi connectivity index (χ2n) is 2.60. The first-order valence-corrected chi connectivity index (χ1v) is 4.51. The number of nitrogens with zero attached hydrogens (tertiary/aromatic N) is 1. The van der Waals surface area contributed by atoms with Gasteiger partial charge in [0.05, 0.1) is 18.3 Å². The molecule has 0 aliphatic carbocycles. The van der Waals surface area contributed by atoms with Crippen molar-refractivity contribution in [3.8, 4) is 5.75 Å². The van der Waals surface area contributed by atoms with E-state index < -0.39 is 0 Å². The maximum absolute atomic E-state index is 5.74. The van der Waals surface area contributed by atoms with Crippen molar-refractivity contribution in [1.82, 2.24) is 4.98 Å². The Morgan fingerprint density at radius 2 is 2.15 bits per heavy atom. The number of rotatable bonds is 1. The molecule has 0 radical (unpaired) electrons. The van der Waals surface area contributed by atoms with Gasteiger partial charge >= 0.3 is 0 Å². The SMILES string of the molecule is COc1cnc2c(N)sc(N)c2c1. The second kappa shape index (κ2) is 2.77. The van der Waals surface area contributed by atoms with Crippen molar-refractivity contribution in [2.75, 3.05) is 18.6 Å². The fourth-order valence-corrected chi connectivity index (χ4v) is 1.92. The predicted molar refractivity (Wildman–Crippen MR) is 55.0 cm³/mol. The summed E-state index contributed by atoms with van der Waals surface area (Å²) in [5, 5.41) is 2.19. The fourth-order valence-electron chi connectivity index (χ4n) is 1.16. The molecule has 0 saturated heterocycles. The third-order valence-electron chi connectivity index (χ3n) is 1.82. The summed E-state index contributed by atoms with van der Waals surface area (Å²) in [6, 6.07) is 1.84. The highest BCUT2D eigenvalue weighted by Crippen LogP contribution is 2.35. The normalized spacial score (nSPS) is 10.5. The summed E-state index contributed by atoms with van der Waals surface area (Å²) < 4.78 is 5.03. The average molecular weight is 195 g/mol. The number of nitrogen functional groups attached to an aromatic ring is 2. The van der Waals surface area contributed by atoms with Crippen LogP contribution < -0.4 is 16.2 Å². The maximum atomic E-state index is 5.74. The van der Waals surface area contributed by atoms with Gasteiger partial charge in [-0.3, -0.25) is 0 Å². The Bertz CT molecular complexity index is 452. The van der Waals surface area contributed by atoms with Crippen LogP contribution in [0.4, 0.5) is 10.0 Å². The first-order valence-electron chi connectivity index (χ1n) is 3.70. The van der Waals surface area contributed by atoms with E-state index in [0.717, 1.165) is 10.9 Å². The molecule has 13 heavy (non-hydrogen) atoms. The topological polar surface area (TPSA) is 74.2 Å². The lowest BCUT2D eigenvalue weighted by molar-refractivity contribution is 0.414. The number of methoxy groups -OCH3 is 1. The van der Waals surface area contributed by atoms with Crippen molar-refractivity contribution < 1.29 is 4.74 Å². The van der Waals surface area contributed by atoms with E-state index in [4.69, 9.17) is 16.2 Å². The molecule has 0 unspecified atom stereocenters. The molecule has 4 N–H and O–H groups in total. The molecule has 0 bridgehead atoms. The van der Waals surface area contributed by atoms with Crippen molar-refractivity contribution in [3.63, 3.8) is 0 Å². The summed E-state index contributed by atoms with van der Waals surface area (Å²) in [4.78, 5) is 4.15. The third-order valence-corrected chi connectivity index (χ3v) is 2.67. The number of nitrogens with two attached hydrogens (primary N) is 2. The van der Waals surface area contributed by atoms with Crippen molar-refractivity contribution >= 4 is 32.2 Å². The van der Waals surface area contributed by atoms with Gasteiger partial charge in [-0.2, -0.15) is 0 Å². The molecule has 2 aromatic rings. The molecule has 0 aliphatic rings. The highest BCUT2D eigenvalue weighted by atomic mass is 32.1. The van der Waals surface area contributed by atoms with Crippen LogP contribution in [0.1, 0.15) is 0 Å². The standard InChI is InChI=1S/C8H9N3OS/c1-12-4-2-5-6(11-3-4)8(10)13-7(5)9/h2-3H,9-10H2,1H3. The van der Waals surface area contributed by atoms with Gasteiger partial charge < -0.3 is 16.2 Å². The molecule has 0 amide bonds. The minimum absolute atomic E-state index is 0.648. The highest BCUT2D eigenvalue weighted by Gasteiger charge is 2.08. The van der Waals surface area contributed by atoms with Gasteiger partial charge in [0.25, 0.3) is 0 Å². The van der Waals surface area contributed by atoms with Crippen LogP contribution in [-0.2, 0) is 0 Å². The van der Waals surface area contributed by atoms with Crippen LogP contribution in [0.25, 0.3) is 10.9 Å². The zero-order chi connectivity index (χ0) is 9.42. The summed E-state index contributed by atoms with van der Waals surface area (Å²) in [5.41, 5.74) is 12.2. The third kappa shape index (κ3) is 1.17. The van der Waals surface area contributed by atoms with E-state index in [1.165, 1.54) is 11.3 Å². The van der Waals surface area contributed by atoms with E-state index >= 15 is 0 Å². The Hall–Kier alpha value is -1.49. The number of anilines is 2. The molecular weight excluding hydrogens is 186 g/mol. The number of fused-ring (bicyclic) bond motifs is 1. The van der Waals surface area contributed by atoms with Crippen LogP contribution >= 0.6 is 11.3 Å². The number of aromatic nitrogens is 1. The van der Waals surface area contributed by atoms with Crippen molar-refractivity contribution in [2.24, 2.45) is 0 Å². The van der Waals surface area contributed by atoms with Crippen molar-refractivity contribution in [3.05, 3.63) is 12.3 Å². The lowest BCUT2D eigenvalue weighted by atomic mass is 10.3. The molecule has 68 valence electrons. The van der Waals surface area contributed by atoms with Gasteiger partial charge in [-0.15, -0.1) is 0 Å². The van der Waals surface area contributed by atoms with Gasteiger partial charge in [0.1, 0.15) is 16.3 Å². The quantitative estimate of drug-likeness (QED) is 0.722. The fraction of sp³-hybridized carbons (Fsp3) is 0.125. The van der Waals surface area contributed by atoms with Gasteiger partial charge in [-0.25, -0.2) is 4.98 Å². The van der Waals surface area contributed by atoms with E-state index in [1.807, 2.05) is 6.07 Å². The zero-order valence-electron chi connectivity index (χ0n) is 7.07. The Balaban J connectivity index is 2.76. The number of hydrogen-bond donors (Lipinski definition) is 2. The second-order valence-corrected chi connectivity index (χ2v) is 3.69. The Morgan fingerprint density at radius 1 is 1.38 bits per heavy atom. The average Bonchev–Trinajstić information content (AvgIpc) is 2.42. The lowest BCUT2D eigenvalue weighted by Crippen LogP contribution is -1.87. The molecule has 0 aliphatic heterocycles. The number of thiophene rings is 1. The molecular formula is C8H9N3OS. The molecule has 2 aromatic heterocycles. The van der Waals surface area contributed by atoms with Crippen LogP contribution in [0.2, 0.25) is 0 Å². The lowest BCUT2D eigenvalue weighted by Gasteiger charge is -1.98. The molecule has 4 nitrogen and oxygen atoms in total. The van der Waals surface area contributed by atoms with E-state index in [0.29, 0.717) is 15.8 Å². The molecule has 0 atom stereocenters. The molecule has 0 spiro atoms. The molecule has 0 aromatic carbocycles. The Labute approximate surface area is 79.1 Å². The summed E-state index contributed by atoms with van der Waals surface area (Å²) >= 11 is 1.34. The molecule has 2 heterocycles. The zero-order valence-corrected chi connectivity index (χ0v) is 7.89. The Morgan fingerprint density at radius 3 is 2.85 bits per heavy atom. The molecule has 5 heteroatoms. The minimum atomic E-state index is 0.648. The monoisotopic (exact) mass is 195 g/mol. The van der Waals surface area contributed by atoms with Gasteiger partial charge in [0, 0.05) is 5.39 Å². The van der Waals surface area contributed by atoms with Crippen LogP contribution in [0, 0.1) is 0 Å². The highest BCUT2D eigenvalue weighted by molar-refractivity contribution is 7.21. The minimum Gasteiger partial charge on any atom is -0.495 e. The summed E-state index contributed by atoms with van der Waals surface area (Å²) in [5.74, 6) is 0.692. The molecule has 2 rings (SSSR count). The van der Waals surface area contributed by atoms with E-state index in [2.05, 4.69) is 4.98 Å². The van der Waals surface area contributed by atoms with Crippen LogP contribution in [0.15, 0.2) is 12.3 Å². The van der Waals surface area contributed by atoms with Gasteiger partial charge in [0.2, 0.25) is 0 Å². The smallest absolute Gasteiger partial charge is 0.137 e. The first kappa shape index (κ1) is 8.12. The van der Waals surface area contributed by atoms with Crippen LogP contribution in [-0.4, -0.2) is 12.1 Å². The van der Waals surface area contributed by atoms with Gasteiger partial charge in [0.15, 0.2) is 0 Å².